The van der Waals surface area contributed by atoms with Crippen LogP contribution < -0.4 is 14.8 Å². The third-order valence-electron chi connectivity index (χ3n) is 5.48. The Labute approximate surface area is 167 Å². The fraction of sp³-hybridized carbons (Fsp3) is 0.435. The quantitative estimate of drug-likeness (QED) is 0.795. The number of hydrogen-bond donors (Lipinski definition) is 1. The number of hydrogen-bond acceptors (Lipinski definition) is 4. The minimum absolute atomic E-state index is 0.0368. The third kappa shape index (κ3) is 4.30. The fourth-order valence-electron chi connectivity index (χ4n) is 3.88. The average molecular weight is 383 g/mol. The summed E-state index contributed by atoms with van der Waals surface area (Å²) in [5.74, 6) is 1.34. The van der Waals surface area contributed by atoms with Gasteiger partial charge in [-0.05, 0) is 49.4 Å². The monoisotopic (exact) mass is 383 g/mol. The van der Waals surface area contributed by atoms with E-state index in [1.165, 1.54) is 5.56 Å². The second-order valence-electron chi connectivity index (χ2n) is 7.33. The first kappa shape index (κ1) is 20.2. The lowest BCUT2D eigenvalue weighted by Crippen LogP contribution is -2.50. The Morgan fingerprint density at radius 2 is 1.75 bits per heavy atom. The molecule has 0 bridgehead atoms. The zero-order valence-electron chi connectivity index (χ0n) is 16.9. The van der Waals surface area contributed by atoms with Gasteiger partial charge in [-0.25, -0.2) is 0 Å². The van der Waals surface area contributed by atoms with Crippen LogP contribution in [0.1, 0.15) is 30.9 Å². The van der Waals surface area contributed by atoms with E-state index in [9.17, 15) is 4.79 Å². The van der Waals surface area contributed by atoms with E-state index in [1.54, 1.807) is 14.2 Å². The van der Waals surface area contributed by atoms with Crippen molar-refractivity contribution in [2.45, 2.75) is 37.6 Å². The van der Waals surface area contributed by atoms with E-state index >= 15 is 0 Å². The predicted molar refractivity (Wildman–Crippen MR) is 109 cm³/mol. The van der Waals surface area contributed by atoms with E-state index in [4.69, 9.17) is 14.2 Å². The number of carbonyl (C=O) groups excluding carboxylic acids is 1. The molecule has 5 nitrogen and oxygen atoms in total. The molecule has 0 saturated carbocycles. The van der Waals surface area contributed by atoms with Crippen molar-refractivity contribution in [3.05, 3.63) is 59.7 Å². The van der Waals surface area contributed by atoms with Crippen LogP contribution in [0, 0.1) is 0 Å². The van der Waals surface area contributed by atoms with Crippen molar-refractivity contribution in [2.24, 2.45) is 0 Å². The number of amides is 1. The summed E-state index contributed by atoms with van der Waals surface area (Å²) < 4.78 is 16.4. The van der Waals surface area contributed by atoms with Gasteiger partial charge in [0, 0.05) is 19.3 Å². The van der Waals surface area contributed by atoms with Crippen LogP contribution in [0.15, 0.2) is 48.5 Å². The molecule has 1 atom stereocenters. The summed E-state index contributed by atoms with van der Waals surface area (Å²) in [4.78, 5) is 13.4. The Kier molecular flexibility index (Phi) is 6.57. The molecular weight excluding hydrogens is 354 g/mol. The molecule has 1 saturated heterocycles. The molecule has 2 aromatic carbocycles. The largest absolute Gasteiger partial charge is 0.493 e. The number of methoxy groups -OCH3 is 2. The zero-order valence-corrected chi connectivity index (χ0v) is 16.9. The summed E-state index contributed by atoms with van der Waals surface area (Å²) in [6, 6.07) is 16.0. The van der Waals surface area contributed by atoms with Crippen LogP contribution in [0.4, 0.5) is 0 Å². The Balaban J connectivity index is 1.83. The third-order valence-corrected chi connectivity index (χ3v) is 5.48. The molecule has 0 spiro atoms. The topological polar surface area (TPSA) is 56.8 Å². The first-order chi connectivity index (χ1) is 13.6. The number of ether oxygens (including phenoxy) is 3. The van der Waals surface area contributed by atoms with Gasteiger partial charge in [-0.1, -0.05) is 36.4 Å². The van der Waals surface area contributed by atoms with E-state index in [-0.39, 0.29) is 11.9 Å². The Morgan fingerprint density at radius 1 is 1.07 bits per heavy atom. The van der Waals surface area contributed by atoms with Crippen LogP contribution in [0.3, 0.4) is 0 Å². The second kappa shape index (κ2) is 9.11. The number of benzene rings is 2. The molecule has 1 fully saturated rings. The Bertz CT molecular complexity index is 784. The van der Waals surface area contributed by atoms with Gasteiger partial charge in [0.2, 0.25) is 5.91 Å². The van der Waals surface area contributed by atoms with Gasteiger partial charge in [0.1, 0.15) is 0 Å². The van der Waals surface area contributed by atoms with Crippen molar-refractivity contribution in [1.82, 2.24) is 5.32 Å². The van der Waals surface area contributed by atoms with Gasteiger partial charge in [-0.3, -0.25) is 4.79 Å². The molecular formula is C23H29NO4. The first-order valence-electron chi connectivity index (χ1n) is 9.74. The van der Waals surface area contributed by atoms with E-state index in [0.717, 1.165) is 12.0 Å². The molecule has 2 aromatic rings. The summed E-state index contributed by atoms with van der Waals surface area (Å²) in [7, 11) is 3.22. The molecule has 1 N–H and O–H groups in total. The van der Waals surface area contributed by atoms with Crippen molar-refractivity contribution in [1.29, 1.82) is 0 Å². The standard InChI is InChI=1S/C23H29NO4/c1-17(15-18-7-5-4-6-8-18)24-22(25)23(11-13-28-14-12-23)19-9-10-20(26-2)21(16-19)27-3/h4-10,16-17H,11-15H2,1-3H3,(H,24,25)/t17-/m0/s1. The van der Waals surface area contributed by atoms with E-state index in [0.29, 0.717) is 37.6 Å². The van der Waals surface area contributed by atoms with Gasteiger partial charge in [0.05, 0.1) is 19.6 Å². The van der Waals surface area contributed by atoms with E-state index in [2.05, 4.69) is 17.4 Å². The van der Waals surface area contributed by atoms with Crippen LogP contribution in [-0.4, -0.2) is 39.4 Å². The van der Waals surface area contributed by atoms with Crippen molar-refractivity contribution >= 4 is 5.91 Å². The normalized spacial score (nSPS) is 16.8. The van der Waals surface area contributed by atoms with E-state index in [1.807, 2.05) is 43.3 Å². The zero-order chi connectivity index (χ0) is 20.0. The summed E-state index contributed by atoms with van der Waals surface area (Å²) in [6.07, 6.45) is 2.09. The highest BCUT2D eigenvalue weighted by molar-refractivity contribution is 5.89. The molecule has 1 heterocycles. The van der Waals surface area contributed by atoms with Crippen molar-refractivity contribution in [3.8, 4) is 11.5 Å². The molecule has 0 unspecified atom stereocenters. The van der Waals surface area contributed by atoms with Crippen LogP contribution in [-0.2, 0) is 21.4 Å². The lowest BCUT2D eigenvalue weighted by atomic mass is 9.73. The van der Waals surface area contributed by atoms with Crippen LogP contribution >= 0.6 is 0 Å². The Morgan fingerprint density at radius 3 is 2.39 bits per heavy atom. The van der Waals surface area contributed by atoms with Gasteiger partial charge in [0.25, 0.3) is 0 Å². The molecule has 0 aromatic heterocycles. The Hall–Kier alpha value is -2.53. The molecule has 28 heavy (non-hydrogen) atoms. The summed E-state index contributed by atoms with van der Waals surface area (Å²) in [6.45, 7) is 3.18. The lowest BCUT2D eigenvalue weighted by Gasteiger charge is -2.37. The highest BCUT2D eigenvalue weighted by Gasteiger charge is 2.42. The lowest BCUT2D eigenvalue weighted by molar-refractivity contribution is -0.131. The van der Waals surface area contributed by atoms with Gasteiger partial charge >= 0.3 is 0 Å². The highest BCUT2D eigenvalue weighted by Crippen LogP contribution is 2.39. The van der Waals surface area contributed by atoms with Crippen molar-refractivity contribution < 1.29 is 19.0 Å². The molecule has 0 radical (unpaired) electrons. The second-order valence-corrected chi connectivity index (χ2v) is 7.33. The molecule has 1 aliphatic heterocycles. The summed E-state index contributed by atoms with van der Waals surface area (Å²) in [5, 5.41) is 3.24. The first-order valence-corrected chi connectivity index (χ1v) is 9.74. The SMILES string of the molecule is COc1ccc(C2(C(=O)N[C@@H](C)Cc3ccccc3)CCOCC2)cc1OC. The van der Waals surface area contributed by atoms with Crippen LogP contribution in [0.5, 0.6) is 11.5 Å². The van der Waals surface area contributed by atoms with Crippen LogP contribution in [0.25, 0.3) is 0 Å². The van der Waals surface area contributed by atoms with Gasteiger partial charge in [-0.2, -0.15) is 0 Å². The molecule has 150 valence electrons. The van der Waals surface area contributed by atoms with Crippen LogP contribution in [0.2, 0.25) is 0 Å². The van der Waals surface area contributed by atoms with Gasteiger partial charge < -0.3 is 19.5 Å². The van der Waals surface area contributed by atoms with Crippen molar-refractivity contribution in [3.63, 3.8) is 0 Å². The minimum Gasteiger partial charge on any atom is -0.493 e. The molecule has 1 amide bonds. The van der Waals surface area contributed by atoms with Crippen molar-refractivity contribution in [2.75, 3.05) is 27.4 Å². The number of rotatable bonds is 7. The maximum absolute atomic E-state index is 13.4. The molecule has 1 aliphatic rings. The van der Waals surface area contributed by atoms with Gasteiger partial charge in [-0.15, -0.1) is 0 Å². The maximum Gasteiger partial charge on any atom is 0.231 e. The molecule has 5 heteroatoms. The smallest absolute Gasteiger partial charge is 0.231 e. The number of carbonyl (C=O) groups is 1. The minimum atomic E-state index is -0.622. The highest BCUT2D eigenvalue weighted by atomic mass is 16.5. The number of nitrogens with one attached hydrogen (secondary N) is 1. The summed E-state index contributed by atoms with van der Waals surface area (Å²) in [5.41, 5.74) is 1.53. The van der Waals surface area contributed by atoms with E-state index < -0.39 is 5.41 Å². The molecule has 0 aliphatic carbocycles. The maximum atomic E-state index is 13.4. The summed E-state index contributed by atoms with van der Waals surface area (Å²) >= 11 is 0. The molecule has 3 rings (SSSR count). The average Bonchev–Trinajstić information content (AvgIpc) is 2.74. The predicted octanol–water partition coefficient (Wildman–Crippen LogP) is 3.50. The van der Waals surface area contributed by atoms with Gasteiger partial charge in [0.15, 0.2) is 11.5 Å². The fourth-order valence-corrected chi connectivity index (χ4v) is 3.88.